The molecule has 4 aliphatic rings. The van der Waals surface area contributed by atoms with Crippen LogP contribution in [0.4, 0.5) is 5.69 Å². The highest BCUT2D eigenvalue weighted by Crippen LogP contribution is 2.63. The third-order valence-electron chi connectivity index (χ3n) is 10.5. The van der Waals surface area contributed by atoms with Gasteiger partial charge >= 0.3 is 0 Å². The number of anilines is 1. The Morgan fingerprint density at radius 3 is 2.25 bits per heavy atom. The Balaban J connectivity index is 1.28. The molecule has 3 nitrogen and oxygen atoms in total. The molecule has 1 unspecified atom stereocenters. The fourth-order valence-corrected chi connectivity index (χ4v) is 8.02. The van der Waals surface area contributed by atoms with Gasteiger partial charge in [-0.3, -0.25) is 0 Å². The Morgan fingerprint density at radius 2 is 1.39 bits per heavy atom. The van der Waals surface area contributed by atoms with Crippen LogP contribution in [0, 0.1) is 0 Å². The third kappa shape index (κ3) is 5.13. The molecule has 246 valence electrons. The molecule has 0 saturated heterocycles. The highest BCUT2D eigenvalue weighted by atomic mass is 16.5. The van der Waals surface area contributed by atoms with Gasteiger partial charge in [0.05, 0.1) is 5.41 Å². The van der Waals surface area contributed by atoms with Crippen molar-refractivity contribution < 1.29 is 9.47 Å². The number of nitrogens with zero attached hydrogens (tertiary/aromatic N) is 1. The van der Waals surface area contributed by atoms with Crippen molar-refractivity contribution in [2.24, 2.45) is 0 Å². The lowest BCUT2D eigenvalue weighted by atomic mass is 9.60. The van der Waals surface area contributed by atoms with E-state index in [1.54, 1.807) is 0 Å². The van der Waals surface area contributed by atoms with E-state index >= 15 is 0 Å². The lowest BCUT2D eigenvalue weighted by molar-refractivity contribution is 0.378. The average Bonchev–Trinajstić information content (AvgIpc) is 3.65. The minimum absolute atomic E-state index is 0.624. The monoisotopic (exact) mass is 659 g/mol. The number of benzene rings is 5. The SMILES string of the molecule is C=C1/C=C\C=C/N(c2ccccc2)/C=C(/c2ccc3c(c2)Oc2cccc(-c4ccccc4)c2C32C3=C(C=CC3)Oc3ccccc32)CCC1=C. The van der Waals surface area contributed by atoms with Crippen LogP contribution in [0.5, 0.6) is 17.2 Å². The zero-order chi connectivity index (χ0) is 34.4. The molecule has 9 rings (SSSR count). The predicted molar refractivity (Wildman–Crippen MR) is 209 cm³/mol. The third-order valence-corrected chi connectivity index (χ3v) is 10.5. The largest absolute Gasteiger partial charge is 0.457 e. The van der Waals surface area contributed by atoms with Crippen LogP contribution in [0.1, 0.15) is 41.5 Å². The Morgan fingerprint density at radius 1 is 0.627 bits per heavy atom. The van der Waals surface area contributed by atoms with Crippen molar-refractivity contribution in [2.75, 3.05) is 4.90 Å². The summed E-state index contributed by atoms with van der Waals surface area (Å²) in [5, 5.41) is 0. The van der Waals surface area contributed by atoms with Crippen molar-refractivity contribution in [1.29, 1.82) is 0 Å². The predicted octanol–water partition coefficient (Wildman–Crippen LogP) is 12.2. The lowest BCUT2D eigenvalue weighted by Crippen LogP contribution is -2.38. The van der Waals surface area contributed by atoms with Crippen LogP contribution < -0.4 is 14.4 Å². The molecule has 1 aliphatic carbocycles. The standard InChI is InChI=1S/C48H37NO2/c1-33-15-11-12-30-49(38-18-7-4-8-19-38)32-37(27-26-34(33)2)36-28-29-42-46(31-36)51-45-25-13-20-39(35-16-5-3-6-17-35)47(45)48(42)40-21-9-10-23-43(40)50-44-24-14-22-41(44)48/h3-21,23-25,28-32H,1-2,22,26-27H2/b15-11-,30-12-,37-32+. The van der Waals surface area contributed by atoms with Crippen LogP contribution in [-0.2, 0) is 5.41 Å². The molecule has 0 radical (unpaired) electrons. The molecule has 1 spiro atoms. The maximum absolute atomic E-state index is 7.05. The number of rotatable bonds is 3. The number of hydrogen-bond donors (Lipinski definition) is 0. The molecule has 0 amide bonds. The van der Waals surface area contributed by atoms with Crippen molar-refractivity contribution in [3.05, 3.63) is 222 Å². The molecular weight excluding hydrogens is 623 g/mol. The van der Waals surface area contributed by atoms with Gasteiger partial charge in [0.15, 0.2) is 0 Å². The molecular formula is C48H37NO2. The second-order valence-corrected chi connectivity index (χ2v) is 13.4. The van der Waals surface area contributed by atoms with Crippen LogP contribution in [0.25, 0.3) is 16.7 Å². The van der Waals surface area contributed by atoms with Crippen LogP contribution in [0.15, 0.2) is 200 Å². The zero-order valence-electron chi connectivity index (χ0n) is 28.4. The Hall–Kier alpha value is -6.32. The Labute approximate surface area is 299 Å². The topological polar surface area (TPSA) is 21.7 Å². The number of para-hydroxylation sites is 2. The normalized spacial score (nSPS) is 21.3. The van der Waals surface area contributed by atoms with Gasteiger partial charge in [-0.1, -0.05) is 122 Å². The van der Waals surface area contributed by atoms with E-state index in [2.05, 4.69) is 164 Å². The molecule has 0 fully saturated rings. The minimum atomic E-state index is -0.624. The maximum Gasteiger partial charge on any atom is 0.132 e. The first kappa shape index (κ1) is 30.7. The van der Waals surface area contributed by atoms with Crippen LogP contribution >= 0.6 is 0 Å². The van der Waals surface area contributed by atoms with Crippen molar-refractivity contribution in [2.45, 2.75) is 24.7 Å². The fraction of sp³-hybridized carbons (Fsp3) is 0.0833. The summed E-state index contributed by atoms with van der Waals surface area (Å²) in [5.74, 6) is 3.50. The van der Waals surface area contributed by atoms with E-state index in [-0.39, 0.29) is 0 Å². The molecule has 0 saturated carbocycles. The number of fused-ring (bicyclic) bond motifs is 7. The maximum atomic E-state index is 7.05. The van der Waals surface area contributed by atoms with E-state index in [0.717, 1.165) is 92.5 Å². The highest BCUT2D eigenvalue weighted by molar-refractivity contribution is 5.84. The fourth-order valence-electron chi connectivity index (χ4n) is 8.02. The van der Waals surface area contributed by atoms with E-state index in [1.807, 2.05) is 18.2 Å². The summed E-state index contributed by atoms with van der Waals surface area (Å²) in [7, 11) is 0. The first-order valence-electron chi connectivity index (χ1n) is 17.6. The smallest absolute Gasteiger partial charge is 0.132 e. The Bertz CT molecular complexity index is 2370. The van der Waals surface area contributed by atoms with E-state index in [0.29, 0.717) is 0 Å². The molecule has 3 heteroatoms. The van der Waals surface area contributed by atoms with E-state index in [4.69, 9.17) is 9.47 Å². The quantitative estimate of drug-likeness (QED) is 0.192. The number of ether oxygens (including phenoxy) is 2. The molecule has 0 bridgehead atoms. The molecule has 1 atom stereocenters. The van der Waals surface area contributed by atoms with Gasteiger partial charge < -0.3 is 14.4 Å². The zero-order valence-corrected chi connectivity index (χ0v) is 28.4. The molecule has 5 aromatic carbocycles. The highest BCUT2D eigenvalue weighted by Gasteiger charge is 2.53. The molecule has 0 aromatic heterocycles. The van der Waals surface area contributed by atoms with E-state index < -0.39 is 5.41 Å². The molecule has 5 aromatic rings. The summed E-state index contributed by atoms with van der Waals surface area (Å²) < 4.78 is 13.7. The van der Waals surface area contributed by atoms with Gasteiger partial charge in [0.2, 0.25) is 0 Å². The van der Waals surface area contributed by atoms with Crippen LogP contribution in [0.2, 0.25) is 0 Å². The molecule has 0 N–H and O–H groups in total. The minimum Gasteiger partial charge on any atom is -0.457 e. The lowest BCUT2D eigenvalue weighted by Gasteiger charge is -2.46. The first-order chi connectivity index (χ1) is 25.1. The second-order valence-electron chi connectivity index (χ2n) is 13.4. The Kier molecular flexibility index (Phi) is 7.55. The van der Waals surface area contributed by atoms with Gasteiger partial charge in [0.25, 0.3) is 0 Å². The summed E-state index contributed by atoms with van der Waals surface area (Å²) >= 11 is 0. The first-order valence-corrected chi connectivity index (χ1v) is 17.6. The number of hydrogen-bond acceptors (Lipinski definition) is 3. The molecule has 3 aliphatic heterocycles. The van der Waals surface area contributed by atoms with Gasteiger partial charge in [-0.2, -0.15) is 0 Å². The van der Waals surface area contributed by atoms with E-state index in [1.165, 1.54) is 11.1 Å². The summed E-state index contributed by atoms with van der Waals surface area (Å²) in [6.45, 7) is 8.66. The van der Waals surface area contributed by atoms with Crippen molar-refractivity contribution >= 4 is 11.3 Å². The average molecular weight is 660 g/mol. The summed E-state index contributed by atoms with van der Waals surface area (Å²) in [4.78, 5) is 2.19. The van der Waals surface area contributed by atoms with Crippen molar-refractivity contribution in [3.63, 3.8) is 0 Å². The summed E-state index contributed by atoms with van der Waals surface area (Å²) in [6.07, 6.45) is 17.2. The van der Waals surface area contributed by atoms with Gasteiger partial charge in [0, 0.05) is 34.8 Å². The van der Waals surface area contributed by atoms with Crippen molar-refractivity contribution in [1.82, 2.24) is 0 Å². The van der Waals surface area contributed by atoms with Crippen molar-refractivity contribution in [3.8, 4) is 28.4 Å². The summed E-state index contributed by atoms with van der Waals surface area (Å²) in [5.41, 5.74) is 11.7. The van der Waals surface area contributed by atoms with Crippen LogP contribution in [-0.4, -0.2) is 0 Å². The van der Waals surface area contributed by atoms with Gasteiger partial charge in [0.1, 0.15) is 23.0 Å². The summed E-state index contributed by atoms with van der Waals surface area (Å²) in [6, 6.07) is 42.9. The number of allylic oxidation sites excluding steroid dienone is 9. The second kappa shape index (κ2) is 12.5. The molecule has 3 heterocycles. The van der Waals surface area contributed by atoms with E-state index in [9.17, 15) is 0 Å². The van der Waals surface area contributed by atoms with Gasteiger partial charge in [-0.15, -0.1) is 0 Å². The van der Waals surface area contributed by atoms with Crippen LogP contribution in [0.3, 0.4) is 0 Å². The van der Waals surface area contributed by atoms with Gasteiger partial charge in [-0.05, 0) is 101 Å². The molecule has 51 heavy (non-hydrogen) atoms. The van der Waals surface area contributed by atoms with Gasteiger partial charge in [-0.25, -0.2) is 0 Å².